The summed E-state index contributed by atoms with van der Waals surface area (Å²) in [5.41, 5.74) is 1.37. The second-order valence-corrected chi connectivity index (χ2v) is 5.95. The Balaban J connectivity index is 1.57. The van der Waals surface area contributed by atoms with E-state index < -0.39 is 11.6 Å². The molecule has 0 bridgehead atoms. The van der Waals surface area contributed by atoms with Gasteiger partial charge in [0.1, 0.15) is 11.6 Å². The van der Waals surface area contributed by atoms with Gasteiger partial charge >= 0.3 is 0 Å². The summed E-state index contributed by atoms with van der Waals surface area (Å²) in [6.45, 7) is 0.574. The Morgan fingerprint density at radius 3 is 2.83 bits per heavy atom. The van der Waals surface area contributed by atoms with Crippen LogP contribution in [-0.4, -0.2) is 29.4 Å². The van der Waals surface area contributed by atoms with Gasteiger partial charge in [-0.3, -0.25) is 9.78 Å². The lowest BCUT2D eigenvalue weighted by molar-refractivity contribution is -0.131. The highest BCUT2D eigenvalue weighted by Crippen LogP contribution is 2.49. The Hall–Kier alpha value is -2.30. The van der Waals surface area contributed by atoms with E-state index >= 15 is 0 Å². The van der Waals surface area contributed by atoms with E-state index in [9.17, 15) is 13.6 Å². The van der Waals surface area contributed by atoms with E-state index in [1.54, 1.807) is 18.1 Å². The molecule has 1 amide bonds. The van der Waals surface area contributed by atoms with Crippen LogP contribution in [0.15, 0.2) is 42.6 Å². The number of hydrogen-bond donors (Lipinski definition) is 0. The predicted molar refractivity (Wildman–Crippen MR) is 82.8 cm³/mol. The van der Waals surface area contributed by atoms with Crippen LogP contribution in [0.4, 0.5) is 8.78 Å². The van der Waals surface area contributed by atoms with Gasteiger partial charge in [-0.1, -0.05) is 12.1 Å². The molecule has 0 spiro atoms. The molecule has 120 valence electrons. The van der Waals surface area contributed by atoms with Crippen LogP contribution < -0.4 is 0 Å². The van der Waals surface area contributed by atoms with Crippen LogP contribution in [0.2, 0.25) is 0 Å². The molecule has 1 saturated carbocycles. The molecule has 1 aromatic carbocycles. The van der Waals surface area contributed by atoms with Crippen LogP contribution in [0.25, 0.3) is 0 Å². The molecule has 0 aliphatic heterocycles. The molecule has 5 heteroatoms. The van der Waals surface area contributed by atoms with Crippen molar-refractivity contribution in [3.05, 3.63) is 65.5 Å². The second kappa shape index (κ2) is 6.44. The fraction of sp³-hybridized carbons (Fsp3) is 0.333. The first-order valence-electron chi connectivity index (χ1n) is 7.66. The number of likely N-dealkylation sites (N-methyl/N-ethyl adjacent to an activating group) is 1. The number of benzene rings is 1. The Labute approximate surface area is 134 Å². The molecular formula is C18H18F2N2O. The molecule has 0 N–H and O–H groups in total. The van der Waals surface area contributed by atoms with Crippen LogP contribution in [0.1, 0.15) is 23.6 Å². The van der Waals surface area contributed by atoms with Crippen molar-refractivity contribution >= 4 is 5.91 Å². The van der Waals surface area contributed by atoms with Crippen LogP contribution in [-0.2, 0) is 11.2 Å². The summed E-state index contributed by atoms with van der Waals surface area (Å²) in [5, 5.41) is 0. The average molecular weight is 316 g/mol. The average Bonchev–Trinajstić information content (AvgIpc) is 3.33. The maximum Gasteiger partial charge on any atom is 0.226 e. The smallest absolute Gasteiger partial charge is 0.226 e. The zero-order valence-corrected chi connectivity index (χ0v) is 12.9. The van der Waals surface area contributed by atoms with Crippen LogP contribution in [0, 0.1) is 17.6 Å². The molecule has 1 heterocycles. The maximum atomic E-state index is 13.8. The summed E-state index contributed by atoms with van der Waals surface area (Å²) in [5.74, 6) is -1.50. The second-order valence-electron chi connectivity index (χ2n) is 5.95. The van der Waals surface area contributed by atoms with Gasteiger partial charge in [0.05, 0.1) is 0 Å². The molecule has 0 radical (unpaired) electrons. The molecule has 0 saturated heterocycles. The van der Waals surface area contributed by atoms with E-state index in [1.165, 1.54) is 12.1 Å². The highest BCUT2D eigenvalue weighted by atomic mass is 19.1. The third-order valence-electron chi connectivity index (χ3n) is 4.28. The fourth-order valence-corrected chi connectivity index (χ4v) is 2.84. The van der Waals surface area contributed by atoms with Crippen molar-refractivity contribution in [3.8, 4) is 0 Å². The van der Waals surface area contributed by atoms with E-state index in [-0.39, 0.29) is 17.7 Å². The van der Waals surface area contributed by atoms with Crippen LogP contribution >= 0.6 is 0 Å². The molecule has 2 atom stereocenters. The summed E-state index contributed by atoms with van der Waals surface area (Å²) in [7, 11) is 1.75. The molecule has 23 heavy (non-hydrogen) atoms. The third-order valence-corrected chi connectivity index (χ3v) is 4.28. The van der Waals surface area contributed by atoms with Crippen molar-refractivity contribution in [3.63, 3.8) is 0 Å². The van der Waals surface area contributed by atoms with Gasteiger partial charge in [0.15, 0.2) is 0 Å². The summed E-state index contributed by atoms with van der Waals surface area (Å²) in [6.07, 6.45) is 3.03. The number of rotatable bonds is 5. The molecule has 1 fully saturated rings. The van der Waals surface area contributed by atoms with Gasteiger partial charge in [-0.05, 0) is 36.1 Å². The zero-order chi connectivity index (χ0) is 16.4. The highest BCUT2D eigenvalue weighted by Gasteiger charge is 2.46. The minimum atomic E-state index is -0.595. The number of pyridine rings is 1. The van der Waals surface area contributed by atoms with Crippen LogP contribution in [0.5, 0.6) is 0 Å². The van der Waals surface area contributed by atoms with E-state index in [4.69, 9.17) is 0 Å². The molecule has 1 aliphatic rings. The highest BCUT2D eigenvalue weighted by molar-refractivity contribution is 5.82. The van der Waals surface area contributed by atoms with Crippen molar-refractivity contribution in [1.82, 2.24) is 9.88 Å². The number of carbonyl (C=O) groups excluding carboxylic acids is 1. The van der Waals surface area contributed by atoms with E-state index in [0.717, 1.165) is 11.8 Å². The number of hydrogen-bond acceptors (Lipinski definition) is 2. The van der Waals surface area contributed by atoms with E-state index in [0.29, 0.717) is 24.9 Å². The van der Waals surface area contributed by atoms with Crippen molar-refractivity contribution in [1.29, 1.82) is 0 Å². The molecule has 1 aromatic heterocycles. The molecular weight excluding hydrogens is 298 g/mol. The predicted octanol–water partition coefficient (Wildman–Crippen LogP) is 3.16. The van der Waals surface area contributed by atoms with Gasteiger partial charge in [-0.25, -0.2) is 8.78 Å². The summed E-state index contributed by atoms with van der Waals surface area (Å²) in [4.78, 5) is 18.3. The number of amides is 1. The van der Waals surface area contributed by atoms with E-state index in [2.05, 4.69) is 4.98 Å². The largest absolute Gasteiger partial charge is 0.345 e. The number of aromatic nitrogens is 1. The van der Waals surface area contributed by atoms with Gasteiger partial charge in [-0.15, -0.1) is 0 Å². The number of halogens is 2. The first kappa shape index (κ1) is 15.6. The summed E-state index contributed by atoms with van der Waals surface area (Å²) in [6, 6.07) is 9.24. The van der Waals surface area contributed by atoms with E-state index in [1.807, 2.05) is 18.2 Å². The van der Waals surface area contributed by atoms with Gasteiger partial charge in [0.2, 0.25) is 5.91 Å². The van der Waals surface area contributed by atoms with Gasteiger partial charge in [-0.2, -0.15) is 0 Å². The van der Waals surface area contributed by atoms with Crippen molar-refractivity contribution < 1.29 is 13.6 Å². The number of carbonyl (C=O) groups is 1. The lowest BCUT2D eigenvalue weighted by atomic mass is 10.1. The Bertz CT molecular complexity index is 705. The molecule has 3 rings (SSSR count). The lowest BCUT2D eigenvalue weighted by Crippen LogP contribution is -2.30. The quantitative estimate of drug-likeness (QED) is 0.849. The van der Waals surface area contributed by atoms with Gasteiger partial charge in [0, 0.05) is 43.9 Å². The monoisotopic (exact) mass is 316 g/mol. The number of nitrogens with zero attached hydrogens (tertiary/aromatic N) is 2. The molecule has 1 aliphatic carbocycles. The topological polar surface area (TPSA) is 33.2 Å². The van der Waals surface area contributed by atoms with Crippen molar-refractivity contribution in [2.75, 3.05) is 13.6 Å². The Morgan fingerprint density at radius 2 is 2.13 bits per heavy atom. The zero-order valence-electron chi connectivity index (χ0n) is 12.9. The first-order valence-corrected chi connectivity index (χ1v) is 7.66. The SMILES string of the molecule is CN(CCc1ccccn1)C(=O)C1CC1c1ccc(F)cc1F. The van der Waals surface area contributed by atoms with Crippen molar-refractivity contribution in [2.45, 2.75) is 18.8 Å². The normalized spacial score (nSPS) is 19.4. The van der Waals surface area contributed by atoms with Crippen molar-refractivity contribution in [2.24, 2.45) is 5.92 Å². The lowest BCUT2D eigenvalue weighted by Gasteiger charge is -2.17. The fourth-order valence-electron chi connectivity index (χ4n) is 2.84. The molecule has 2 unspecified atom stereocenters. The standard InChI is InChI=1S/C18H18F2N2O/c1-22(9-7-13-4-2-3-8-21-13)18(23)16-11-15(16)14-6-5-12(19)10-17(14)20/h2-6,8,10,15-16H,7,9,11H2,1H3. The Morgan fingerprint density at radius 1 is 1.30 bits per heavy atom. The minimum absolute atomic E-state index is 0.00894. The van der Waals surface area contributed by atoms with Gasteiger partial charge < -0.3 is 4.90 Å². The molecule has 2 aromatic rings. The van der Waals surface area contributed by atoms with Gasteiger partial charge in [0.25, 0.3) is 0 Å². The summed E-state index contributed by atoms with van der Waals surface area (Å²) >= 11 is 0. The van der Waals surface area contributed by atoms with Crippen LogP contribution in [0.3, 0.4) is 0 Å². The third kappa shape index (κ3) is 3.55. The maximum absolute atomic E-state index is 13.8. The Kier molecular flexibility index (Phi) is 4.37. The minimum Gasteiger partial charge on any atom is -0.345 e. The summed E-state index contributed by atoms with van der Waals surface area (Å²) < 4.78 is 26.7. The molecule has 3 nitrogen and oxygen atoms in total. The first-order chi connectivity index (χ1) is 11.1.